The molecule has 0 amide bonds. The fourth-order valence-corrected chi connectivity index (χ4v) is 1.72. The standard InChI is InChI=1S/C13H17NO/c1-2-3-4-8-12-10-11-7-5-6-9-13(11)15-14-12/h5-7,9-10,14H,2-4,8H2,1H3. The summed E-state index contributed by atoms with van der Waals surface area (Å²) in [5.41, 5.74) is 5.35. The summed E-state index contributed by atoms with van der Waals surface area (Å²) in [4.78, 5) is 5.45. The summed E-state index contributed by atoms with van der Waals surface area (Å²) < 4.78 is 0. The van der Waals surface area contributed by atoms with E-state index in [0.717, 1.165) is 12.2 Å². The lowest BCUT2D eigenvalue weighted by Crippen LogP contribution is -2.21. The van der Waals surface area contributed by atoms with E-state index >= 15 is 0 Å². The fourth-order valence-electron chi connectivity index (χ4n) is 1.72. The first-order valence-corrected chi connectivity index (χ1v) is 5.62. The van der Waals surface area contributed by atoms with Gasteiger partial charge in [0.15, 0.2) is 5.75 Å². The predicted molar refractivity (Wildman–Crippen MR) is 62.3 cm³/mol. The molecule has 0 aromatic heterocycles. The minimum absolute atomic E-state index is 0.914. The largest absolute Gasteiger partial charge is 0.382 e. The van der Waals surface area contributed by atoms with Crippen molar-refractivity contribution < 1.29 is 4.84 Å². The van der Waals surface area contributed by atoms with Gasteiger partial charge in [0.05, 0.1) is 0 Å². The first-order valence-electron chi connectivity index (χ1n) is 5.62. The molecule has 0 spiro atoms. The third-order valence-corrected chi connectivity index (χ3v) is 2.59. The molecule has 0 radical (unpaired) electrons. The molecule has 0 bridgehead atoms. The van der Waals surface area contributed by atoms with Crippen molar-refractivity contribution in [2.24, 2.45) is 0 Å². The van der Waals surface area contributed by atoms with E-state index in [2.05, 4.69) is 24.5 Å². The van der Waals surface area contributed by atoms with Crippen LogP contribution >= 0.6 is 0 Å². The highest BCUT2D eigenvalue weighted by atomic mass is 16.6. The zero-order valence-electron chi connectivity index (χ0n) is 9.12. The van der Waals surface area contributed by atoms with E-state index in [0.29, 0.717) is 0 Å². The number of rotatable bonds is 4. The lowest BCUT2D eigenvalue weighted by molar-refractivity contribution is 0.220. The maximum absolute atomic E-state index is 5.45. The van der Waals surface area contributed by atoms with Crippen molar-refractivity contribution in [3.8, 4) is 5.75 Å². The SMILES string of the molecule is CCCCCC1=Cc2ccccc2ON1. The molecule has 0 atom stereocenters. The summed E-state index contributed by atoms with van der Waals surface area (Å²) in [6, 6.07) is 8.07. The highest BCUT2D eigenvalue weighted by Crippen LogP contribution is 2.25. The molecule has 0 fully saturated rings. The van der Waals surface area contributed by atoms with Gasteiger partial charge in [0.2, 0.25) is 0 Å². The van der Waals surface area contributed by atoms with Gasteiger partial charge in [0.1, 0.15) is 0 Å². The van der Waals surface area contributed by atoms with E-state index in [-0.39, 0.29) is 0 Å². The van der Waals surface area contributed by atoms with E-state index in [1.165, 1.54) is 30.5 Å². The van der Waals surface area contributed by atoms with Crippen molar-refractivity contribution in [3.63, 3.8) is 0 Å². The van der Waals surface area contributed by atoms with Gasteiger partial charge in [-0.1, -0.05) is 38.0 Å². The zero-order valence-corrected chi connectivity index (χ0v) is 9.12. The minimum Gasteiger partial charge on any atom is -0.382 e. The van der Waals surface area contributed by atoms with Crippen molar-refractivity contribution in [2.45, 2.75) is 32.6 Å². The van der Waals surface area contributed by atoms with Crippen molar-refractivity contribution in [1.29, 1.82) is 0 Å². The van der Waals surface area contributed by atoms with Gasteiger partial charge in [0, 0.05) is 11.3 Å². The van der Waals surface area contributed by atoms with Crippen LogP contribution < -0.4 is 10.3 Å². The lowest BCUT2D eigenvalue weighted by atomic mass is 10.1. The van der Waals surface area contributed by atoms with Crippen LogP contribution in [0.1, 0.15) is 38.2 Å². The van der Waals surface area contributed by atoms with Gasteiger partial charge in [-0.2, -0.15) is 0 Å². The van der Waals surface area contributed by atoms with Crippen molar-refractivity contribution in [1.82, 2.24) is 5.48 Å². The molecule has 1 aromatic carbocycles. The number of hydrogen-bond acceptors (Lipinski definition) is 2. The number of fused-ring (bicyclic) bond motifs is 1. The molecule has 2 nitrogen and oxygen atoms in total. The van der Waals surface area contributed by atoms with Crippen LogP contribution in [0.2, 0.25) is 0 Å². The minimum atomic E-state index is 0.914. The Kier molecular flexibility index (Phi) is 3.28. The average Bonchev–Trinajstić information content (AvgIpc) is 2.29. The Morgan fingerprint density at radius 3 is 2.93 bits per heavy atom. The third kappa shape index (κ3) is 2.52. The molecule has 2 rings (SSSR count). The van der Waals surface area contributed by atoms with Crippen LogP contribution in [0.3, 0.4) is 0 Å². The van der Waals surface area contributed by atoms with Gasteiger partial charge in [-0.3, -0.25) is 0 Å². The van der Waals surface area contributed by atoms with Crippen LogP contribution in [-0.2, 0) is 0 Å². The number of hydroxylamine groups is 1. The van der Waals surface area contributed by atoms with Crippen LogP contribution in [0, 0.1) is 0 Å². The monoisotopic (exact) mass is 203 g/mol. The maximum Gasteiger partial charge on any atom is 0.162 e. The molecule has 1 aliphatic rings. The normalized spacial score (nSPS) is 13.5. The number of benzene rings is 1. The molecule has 1 N–H and O–H groups in total. The molecule has 1 heterocycles. The summed E-state index contributed by atoms with van der Waals surface area (Å²) in [6.07, 6.45) is 7.00. The molecule has 0 unspecified atom stereocenters. The summed E-state index contributed by atoms with van der Waals surface area (Å²) in [7, 11) is 0. The van der Waals surface area contributed by atoms with Crippen LogP contribution in [0.5, 0.6) is 5.75 Å². The number of hydrogen-bond donors (Lipinski definition) is 1. The summed E-state index contributed by atoms with van der Waals surface area (Å²) in [5.74, 6) is 0.914. The second-order valence-corrected chi connectivity index (χ2v) is 3.87. The quantitative estimate of drug-likeness (QED) is 0.756. The number of allylic oxidation sites excluding steroid dienone is 1. The van der Waals surface area contributed by atoms with E-state index in [4.69, 9.17) is 4.84 Å². The van der Waals surface area contributed by atoms with E-state index in [9.17, 15) is 0 Å². The lowest BCUT2D eigenvalue weighted by Gasteiger charge is -2.18. The molecule has 80 valence electrons. The van der Waals surface area contributed by atoms with E-state index in [1.807, 2.05) is 18.2 Å². The Morgan fingerprint density at radius 2 is 2.07 bits per heavy atom. The predicted octanol–water partition coefficient (Wildman–Crippen LogP) is 3.50. The van der Waals surface area contributed by atoms with Crippen molar-refractivity contribution >= 4 is 6.08 Å². The van der Waals surface area contributed by atoms with Crippen molar-refractivity contribution in [2.75, 3.05) is 0 Å². The summed E-state index contributed by atoms with van der Waals surface area (Å²) in [5, 5.41) is 0. The Hall–Kier alpha value is -1.44. The van der Waals surface area contributed by atoms with Crippen LogP contribution in [0.25, 0.3) is 6.08 Å². The summed E-state index contributed by atoms with van der Waals surface area (Å²) in [6.45, 7) is 2.22. The Bertz CT molecular complexity index is 357. The molecule has 15 heavy (non-hydrogen) atoms. The van der Waals surface area contributed by atoms with Gasteiger partial charge >= 0.3 is 0 Å². The molecule has 1 aliphatic heterocycles. The van der Waals surface area contributed by atoms with Crippen LogP contribution in [0.4, 0.5) is 0 Å². The maximum atomic E-state index is 5.45. The molecule has 0 saturated carbocycles. The third-order valence-electron chi connectivity index (χ3n) is 2.59. The summed E-state index contributed by atoms with van der Waals surface area (Å²) >= 11 is 0. The van der Waals surface area contributed by atoms with Gasteiger partial charge in [-0.05, 0) is 25.0 Å². The molecule has 1 aromatic rings. The van der Waals surface area contributed by atoms with E-state index < -0.39 is 0 Å². The molecular weight excluding hydrogens is 186 g/mol. The Labute approximate surface area is 90.9 Å². The highest BCUT2D eigenvalue weighted by Gasteiger charge is 2.09. The van der Waals surface area contributed by atoms with Gasteiger partial charge in [-0.25, -0.2) is 5.48 Å². The molecular formula is C13H17NO. The first kappa shape index (κ1) is 10.1. The van der Waals surface area contributed by atoms with E-state index in [1.54, 1.807) is 0 Å². The highest BCUT2D eigenvalue weighted by molar-refractivity contribution is 5.60. The molecule has 2 heteroatoms. The average molecular weight is 203 g/mol. The number of para-hydroxylation sites is 1. The topological polar surface area (TPSA) is 21.3 Å². The van der Waals surface area contributed by atoms with Crippen LogP contribution in [0.15, 0.2) is 30.0 Å². The van der Waals surface area contributed by atoms with Crippen molar-refractivity contribution in [3.05, 3.63) is 35.5 Å². The molecule has 0 aliphatic carbocycles. The number of nitrogens with one attached hydrogen (secondary N) is 1. The van der Waals surface area contributed by atoms with Gasteiger partial charge in [0.25, 0.3) is 0 Å². The smallest absolute Gasteiger partial charge is 0.162 e. The fraction of sp³-hybridized carbons (Fsp3) is 0.385. The van der Waals surface area contributed by atoms with Gasteiger partial charge < -0.3 is 4.84 Å². The zero-order chi connectivity index (χ0) is 10.5. The van der Waals surface area contributed by atoms with Gasteiger partial charge in [-0.15, -0.1) is 0 Å². The number of unbranched alkanes of at least 4 members (excludes halogenated alkanes) is 2. The first-order chi connectivity index (χ1) is 7.40. The van der Waals surface area contributed by atoms with Crippen LogP contribution in [-0.4, -0.2) is 0 Å². The Balaban J connectivity index is 2.02. The second kappa shape index (κ2) is 4.87. The Morgan fingerprint density at radius 1 is 1.20 bits per heavy atom. The second-order valence-electron chi connectivity index (χ2n) is 3.87. The molecule has 0 saturated heterocycles.